The third kappa shape index (κ3) is 3.31. The van der Waals surface area contributed by atoms with Gasteiger partial charge in [0.15, 0.2) is 10.4 Å². The molecule has 0 N–H and O–H groups in total. The lowest BCUT2D eigenvalue weighted by Crippen LogP contribution is -2.51. The topological polar surface area (TPSA) is 63.0 Å². The van der Waals surface area contributed by atoms with E-state index in [1.54, 1.807) is 17.0 Å². The highest BCUT2D eigenvalue weighted by atomic mass is 79.9. The minimum absolute atomic E-state index is 0.0957. The Bertz CT molecular complexity index is 609. The van der Waals surface area contributed by atoms with Gasteiger partial charge in [0.25, 0.3) is 5.91 Å². The van der Waals surface area contributed by atoms with E-state index in [4.69, 9.17) is 9.15 Å². The zero-order valence-electron chi connectivity index (χ0n) is 14.0. The van der Waals surface area contributed by atoms with Crippen LogP contribution in [0.1, 0.15) is 43.7 Å². The molecule has 0 bridgehead atoms. The first-order chi connectivity index (χ1) is 11.5. The highest BCUT2D eigenvalue weighted by Crippen LogP contribution is 2.29. The molecule has 2 aliphatic rings. The Kier molecular flexibility index (Phi) is 5.18. The second-order valence-electron chi connectivity index (χ2n) is 6.56. The molecule has 0 saturated carbocycles. The molecule has 132 valence electrons. The van der Waals surface area contributed by atoms with Crippen LogP contribution in [0.15, 0.2) is 21.2 Å². The third-order valence-electron chi connectivity index (χ3n) is 5.18. The Labute approximate surface area is 150 Å². The second-order valence-corrected chi connectivity index (χ2v) is 7.35. The van der Waals surface area contributed by atoms with Crippen molar-refractivity contribution >= 4 is 27.9 Å². The summed E-state index contributed by atoms with van der Waals surface area (Å²) in [6.07, 6.45) is 2.36. The van der Waals surface area contributed by atoms with Crippen molar-refractivity contribution in [1.82, 2.24) is 9.80 Å². The fourth-order valence-corrected chi connectivity index (χ4v) is 3.82. The van der Waals surface area contributed by atoms with Gasteiger partial charge in [0.05, 0.1) is 6.04 Å². The number of furan rings is 1. The van der Waals surface area contributed by atoms with Crippen LogP contribution < -0.4 is 0 Å². The van der Waals surface area contributed by atoms with Gasteiger partial charge in [-0.3, -0.25) is 9.69 Å². The molecule has 2 atom stereocenters. The normalized spacial score (nSPS) is 23.5. The van der Waals surface area contributed by atoms with Crippen LogP contribution in [0, 0.1) is 5.92 Å². The predicted octanol–water partition coefficient (Wildman–Crippen LogP) is 3.51. The van der Waals surface area contributed by atoms with Crippen LogP contribution in [0.3, 0.4) is 0 Å². The van der Waals surface area contributed by atoms with Crippen molar-refractivity contribution in [2.45, 2.75) is 45.2 Å². The summed E-state index contributed by atoms with van der Waals surface area (Å²) in [6, 6.07) is 3.69. The number of cyclic esters (lactones) is 1. The van der Waals surface area contributed by atoms with Crippen LogP contribution in [-0.2, 0) is 4.74 Å². The summed E-state index contributed by atoms with van der Waals surface area (Å²) in [4.78, 5) is 28.3. The van der Waals surface area contributed by atoms with Gasteiger partial charge in [0.2, 0.25) is 0 Å². The van der Waals surface area contributed by atoms with Crippen LogP contribution in [0.5, 0.6) is 0 Å². The number of piperidine rings is 1. The molecule has 3 rings (SSSR count). The lowest BCUT2D eigenvalue weighted by Gasteiger charge is -2.38. The molecule has 2 aliphatic heterocycles. The number of carbonyl (C=O) groups is 2. The van der Waals surface area contributed by atoms with Crippen molar-refractivity contribution in [2.24, 2.45) is 5.92 Å². The van der Waals surface area contributed by atoms with Crippen molar-refractivity contribution < 1.29 is 18.7 Å². The number of amides is 2. The fourth-order valence-electron chi connectivity index (χ4n) is 3.51. The van der Waals surface area contributed by atoms with Gasteiger partial charge in [0, 0.05) is 19.1 Å². The summed E-state index contributed by atoms with van der Waals surface area (Å²) >= 11 is 3.22. The van der Waals surface area contributed by atoms with Crippen LogP contribution in [0.2, 0.25) is 0 Å². The standard InChI is InChI=1S/C17H23BrN2O4/c1-3-11(2)13-10-23-17(22)20(13)12-6-8-19(9-7-12)16(21)14-4-5-15(18)24-14/h4-5,11-13H,3,6-10H2,1-2H3. The molecule has 6 nitrogen and oxygen atoms in total. The van der Waals surface area contributed by atoms with Gasteiger partial charge in [-0.2, -0.15) is 0 Å². The molecule has 0 spiro atoms. The zero-order chi connectivity index (χ0) is 17.3. The number of rotatable bonds is 4. The monoisotopic (exact) mass is 398 g/mol. The molecule has 1 aromatic heterocycles. The van der Waals surface area contributed by atoms with Crippen molar-refractivity contribution in [2.75, 3.05) is 19.7 Å². The van der Waals surface area contributed by atoms with E-state index in [0.717, 1.165) is 19.3 Å². The van der Waals surface area contributed by atoms with Gasteiger partial charge in [0.1, 0.15) is 6.61 Å². The Morgan fingerprint density at radius 1 is 1.38 bits per heavy atom. The second kappa shape index (κ2) is 7.17. The number of nitrogens with zero attached hydrogens (tertiary/aromatic N) is 2. The summed E-state index contributed by atoms with van der Waals surface area (Å²) in [5.74, 6) is 0.664. The highest BCUT2D eigenvalue weighted by Gasteiger charge is 2.41. The van der Waals surface area contributed by atoms with Gasteiger partial charge >= 0.3 is 6.09 Å². The molecule has 2 amide bonds. The van der Waals surface area contributed by atoms with E-state index in [9.17, 15) is 9.59 Å². The summed E-state index contributed by atoms with van der Waals surface area (Å²) < 4.78 is 11.2. The lowest BCUT2D eigenvalue weighted by atomic mass is 9.95. The molecule has 0 aliphatic carbocycles. The summed E-state index contributed by atoms with van der Waals surface area (Å²) in [7, 11) is 0. The number of hydrogen-bond donors (Lipinski definition) is 0. The molecule has 7 heteroatoms. The molecular formula is C17H23BrN2O4. The largest absolute Gasteiger partial charge is 0.447 e. The number of halogens is 1. The molecule has 3 heterocycles. The minimum atomic E-state index is -0.208. The van der Waals surface area contributed by atoms with Crippen LogP contribution in [0.4, 0.5) is 4.79 Å². The molecule has 0 radical (unpaired) electrons. The summed E-state index contributed by atoms with van der Waals surface area (Å²) in [5, 5.41) is 0. The molecule has 24 heavy (non-hydrogen) atoms. The first-order valence-electron chi connectivity index (χ1n) is 8.51. The first kappa shape index (κ1) is 17.3. The van der Waals surface area contributed by atoms with Gasteiger partial charge < -0.3 is 14.1 Å². The van der Waals surface area contributed by atoms with E-state index < -0.39 is 0 Å². The fraction of sp³-hybridized carbons (Fsp3) is 0.647. The number of hydrogen-bond acceptors (Lipinski definition) is 4. The Hall–Kier alpha value is -1.50. The maximum atomic E-state index is 12.4. The Morgan fingerprint density at radius 3 is 2.67 bits per heavy atom. The highest BCUT2D eigenvalue weighted by molar-refractivity contribution is 9.10. The SMILES string of the molecule is CCC(C)C1COC(=O)N1C1CCN(C(=O)c2ccc(Br)o2)CC1. The average Bonchev–Trinajstić information content (AvgIpc) is 3.19. The number of likely N-dealkylation sites (tertiary alicyclic amines) is 1. The van der Waals surface area contributed by atoms with E-state index in [1.807, 2.05) is 4.90 Å². The number of ether oxygens (including phenoxy) is 1. The van der Waals surface area contributed by atoms with E-state index >= 15 is 0 Å². The van der Waals surface area contributed by atoms with Crippen molar-refractivity contribution in [3.8, 4) is 0 Å². The molecule has 2 saturated heterocycles. The van der Waals surface area contributed by atoms with Gasteiger partial charge in [-0.15, -0.1) is 0 Å². The molecule has 2 fully saturated rings. The molecular weight excluding hydrogens is 376 g/mol. The van der Waals surface area contributed by atoms with E-state index in [-0.39, 0.29) is 24.1 Å². The third-order valence-corrected chi connectivity index (χ3v) is 5.60. The minimum Gasteiger partial charge on any atom is -0.447 e. The van der Waals surface area contributed by atoms with Crippen LogP contribution in [0.25, 0.3) is 0 Å². The van der Waals surface area contributed by atoms with Crippen LogP contribution in [-0.4, -0.2) is 53.6 Å². The van der Waals surface area contributed by atoms with Gasteiger partial charge in [-0.05, 0) is 46.8 Å². The van der Waals surface area contributed by atoms with Crippen LogP contribution >= 0.6 is 15.9 Å². The van der Waals surface area contributed by atoms with Crippen molar-refractivity contribution in [3.63, 3.8) is 0 Å². The summed E-state index contributed by atoms with van der Waals surface area (Å²) in [5.41, 5.74) is 0. The molecule has 0 aromatic carbocycles. The quantitative estimate of drug-likeness (QED) is 0.778. The van der Waals surface area contributed by atoms with Gasteiger partial charge in [-0.25, -0.2) is 4.79 Å². The average molecular weight is 399 g/mol. The van der Waals surface area contributed by atoms with Gasteiger partial charge in [-0.1, -0.05) is 20.3 Å². The predicted molar refractivity (Wildman–Crippen MR) is 91.8 cm³/mol. The number of carbonyl (C=O) groups excluding carboxylic acids is 2. The molecule has 2 unspecified atom stereocenters. The maximum Gasteiger partial charge on any atom is 0.410 e. The first-order valence-corrected chi connectivity index (χ1v) is 9.30. The smallest absolute Gasteiger partial charge is 0.410 e. The maximum absolute atomic E-state index is 12.4. The van der Waals surface area contributed by atoms with E-state index in [0.29, 0.717) is 36.0 Å². The van der Waals surface area contributed by atoms with E-state index in [2.05, 4.69) is 29.8 Å². The Morgan fingerprint density at radius 2 is 2.08 bits per heavy atom. The zero-order valence-corrected chi connectivity index (χ0v) is 15.6. The lowest BCUT2D eigenvalue weighted by molar-refractivity contribution is 0.0585. The molecule has 1 aromatic rings. The Balaban J connectivity index is 1.62. The summed E-state index contributed by atoms with van der Waals surface area (Å²) in [6.45, 7) is 6.02. The van der Waals surface area contributed by atoms with Crippen molar-refractivity contribution in [3.05, 3.63) is 22.6 Å². The van der Waals surface area contributed by atoms with Crippen molar-refractivity contribution in [1.29, 1.82) is 0 Å². The van der Waals surface area contributed by atoms with E-state index in [1.165, 1.54) is 0 Å².